The molecule has 1 fully saturated rings. The lowest BCUT2D eigenvalue weighted by Gasteiger charge is -2.25. The van der Waals surface area contributed by atoms with E-state index in [1.54, 1.807) is 37.8 Å². The minimum Gasteiger partial charge on any atom is -0.479 e. The van der Waals surface area contributed by atoms with Crippen molar-refractivity contribution >= 4 is 27.5 Å². The van der Waals surface area contributed by atoms with Crippen molar-refractivity contribution in [3.8, 4) is 5.75 Å². The van der Waals surface area contributed by atoms with Crippen LogP contribution in [0.3, 0.4) is 0 Å². The predicted octanol–water partition coefficient (Wildman–Crippen LogP) is 2.94. The number of sulfonamides is 1. The van der Waals surface area contributed by atoms with Crippen LogP contribution in [0.5, 0.6) is 5.75 Å². The maximum atomic E-state index is 13.0. The van der Waals surface area contributed by atoms with E-state index in [-0.39, 0.29) is 29.7 Å². The number of rotatable bonds is 5. The average Bonchev–Trinajstić information content (AvgIpc) is 2.89. The summed E-state index contributed by atoms with van der Waals surface area (Å²) in [7, 11) is -3.74. The van der Waals surface area contributed by atoms with E-state index in [0.717, 1.165) is 5.56 Å². The van der Waals surface area contributed by atoms with Gasteiger partial charge in [0.05, 0.1) is 5.02 Å². The third-order valence-electron chi connectivity index (χ3n) is 5.07. The standard InChI is InChI=1S/C20H26ClN3O5S/c1-13-6-7-17(21)18(12-13)28-16(4)20(25)23-8-5-9-24(11-10-23)30(26,27)19-14(2)22-29-15(19)3/h6-7,12,16H,5,8-11H2,1-4H3. The molecule has 2 heterocycles. The molecule has 0 radical (unpaired) electrons. The Labute approximate surface area is 181 Å². The van der Waals surface area contributed by atoms with E-state index in [2.05, 4.69) is 5.16 Å². The van der Waals surface area contributed by atoms with Gasteiger partial charge in [0.2, 0.25) is 10.0 Å². The SMILES string of the molecule is Cc1ccc(Cl)c(OC(C)C(=O)N2CCCN(S(=O)(=O)c3c(C)noc3C)CC2)c1. The molecule has 164 valence electrons. The number of carbonyl (C=O) groups excluding carboxylic acids is 1. The molecular formula is C20H26ClN3O5S. The highest BCUT2D eigenvalue weighted by atomic mass is 35.5. The Bertz CT molecular complexity index is 1020. The summed E-state index contributed by atoms with van der Waals surface area (Å²) >= 11 is 6.16. The van der Waals surface area contributed by atoms with Crippen LogP contribution in [0.1, 0.15) is 30.4 Å². The predicted molar refractivity (Wildman–Crippen MR) is 112 cm³/mol. The molecule has 0 bridgehead atoms. The third-order valence-corrected chi connectivity index (χ3v) is 7.53. The Hall–Kier alpha value is -2.10. The maximum absolute atomic E-state index is 13.0. The highest BCUT2D eigenvalue weighted by Gasteiger charge is 2.33. The number of hydrogen-bond acceptors (Lipinski definition) is 6. The van der Waals surface area contributed by atoms with E-state index in [4.69, 9.17) is 20.9 Å². The molecule has 0 N–H and O–H groups in total. The molecule has 1 aliphatic heterocycles. The summed E-state index contributed by atoms with van der Waals surface area (Å²) in [5.41, 5.74) is 1.31. The first-order valence-electron chi connectivity index (χ1n) is 9.76. The van der Waals surface area contributed by atoms with Gasteiger partial charge in [-0.05, 0) is 51.8 Å². The van der Waals surface area contributed by atoms with E-state index in [9.17, 15) is 13.2 Å². The minimum absolute atomic E-state index is 0.105. The molecular weight excluding hydrogens is 430 g/mol. The van der Waals surface area contributed by atoms with Crippen molar-refractivity contribution in [3.05, 3.63) is 40.2 Å². The molecule has 0 aliphatic carbocycles. The van der Waals surface area contributed by atoms with Gasteiger partial charge in [0.25, 0.3) is 5.91 Å². The number of amides is 1. The highest BCUT2D eigenvalue weighted by molar-refractivity contribution is 7.89. The van der Waals surface area contributed by atoms with Crippen molar-refractivity contribution in [2.45, 2.75) is 45.1 Å². The topological polar surface area (TPSA) is 93.0 Å². The Morgan fingerprint density at radius 2 is 1.93 bits per heavy atom. The summed E-state index contributed by atoms with van der Waals surface area (Å²) in [5, 5.41) is 4.19. The van der Waals surface area contributed by atoms with Gasteiger partial charge >= 0.3 is 0 Å². The molecule has 3 rings (SSSR count). The number of ether oxygens (including phenoxy) is 1. The van der Waals surface area contributed by atoms with Gasteiger partial charge in [0, 0.05) is 26.2 Å². The van der Waals surface area contributed by atoms with Crippen molar-refractivity contribution in [3.63, 3.8) is 0 Å². The monoisotopic (exact) mass is 455 g/mol. The Morgan fingerprint density at radius 3 is 2.60 bits per heavy atom. The molecule has 1 aliphatic rings. The van der Waals surface area contributed by atoms with Crippen LogP contribution in [0.25, 0.3) is 0 Å². The van der Waals surface area contributed by atoms with Crippen molar-refractivity contribution in [1.29, 1.82) is 0 Å². The summed E-state index contributed by atoms with van der Waals surface area (Å²) in [6.45, 7) is 7.99. The summed E-state index contributed by atoms with van der Waals surface area (Å²) in [5.74, 6) is 0.515. The number of aryl methyl sites for hydroxylation is 3. The maximum Gasteiger partial charge on any atom is 0.263 e. The number of hydrogen-bond donors (Lipinski definition) is 0. The molecule has 10 heteroatoms. The van der Waals surface area contributed by atoms with Gasteiger partial charge in [-0.25, -0.2) is 8.42 Å². The number of carbonyl (C=O) groups is 1. The second kappa shape index (κ2) is 8.95. The van der Waals surface area contributed by atoms with Crippen LogP contribution in [0.2, 0.25) is 5.02 Å². The zero-order chi connectivity index (χ0) is 22.1. The first-order valence-corrected chi connectivity index (χ1v) is 11.6. The molecule has 2 aromatic rings. The summed E-state index contributed by atoms with van der Waals surface area (Å²) < 4.78 is 38.3. The van der Waals surface area contributed by atoms with Gasteiger partial charge in [-0.1, -0.05) is 22.8 Å². The minimum atomic E-state index is -3.74. The van der Waals surface area contributed by atoms with Gasteiger partial charge in [-0.15, -0.1) is 0 Å². The molecule has 1 amide bonds. The molecule has 1 unspecified atom stereocenters. The molecule has 1 atom stereocenters. The summed E-state index contributed by atoms with van der Waals surface area (Å²) in [4.78, 5) is 14.7. The van der Waals surface area contributed by atoms with Gasteiger partial charge in [0.15, 0.2) is 11.9 Å². The highest BCUT2D eigenvalue weighted by Crippen LogP contribution is 2.27. The normalized spacial score (nSPS) is 16.9. The van der Waals surface area contributed by atoms with Crippen molar-refractivity contribution in [2.24, 2.45) is 0 Å². The lowest BCUT2D eigenvalue weighted by Crippen LogP contribution is -2.43. The largest absolute Gasteiger partial charge is 0.479 e. The lowest BCUT2D eigenvalue weighted by atomic mass is 10.2. The first kappa shape index (κ1) is 22.6. The molecule has 30 heavy (non-hydrogen) atoms. The van der Waals surface area contributed by atoms with Gasteiger partial charge in [-0.3, -0.25) is 4.79 Å². The van der Waals surface area contributed by atoms with Crippen LogP contribution in [0.15, 0.2) is 27.6 Å². The van der Waals surface area contributed by atoms with Crippen molar-refractivity contribution in [1.82, 2.24) is 14.4 Å². The van der Waals surface area contributed by atoms with Crippen molar-refractivity contribution < 1.29 is 22.5 Å². The molecule has 8 nitrogen and oxygen atoms in total. The van der Waals surface area contributed by atoms with E-state index in [1.165, 1.54) is 4.31 Å². The van der Waals surface area contributed by atoms with Gasteiger partial charge < -0.3 is 14.2 Å². The molecule has 1 aromatic heterocycles. The Kier molecular flexibility index (Phi) is 6.74. The number of halogens is 1. The quantitative estimate of drug-likeness (QED) is 0.688. The van der Waals surface area contributed by atoms with Crippen LogP contribution in [-0.4, -0.2) is 61.0 Å². The van der Waals surface area contributed by atoms with Crippen LogP contribution in [0, 0.1) is 20.8 Å². The molecule has 1 saturated heterocycles. The fourth-order valence-electron chi connectivity index (χ4n) is 3.53. The molecule has 0 spiro atoms. The summed E-state index contributed by atoms with van der Waals surface area (Å²) in [6, 6.07) is 5.38. The first-order chi connectivity index (χ1) is 14.1. The van der Waals surface area contributed by atoms with Crippen LogP contribution >= 0.6 is 11.6 Å². The zero-order valence-corrected chi connectivity index (χ0v) is 19.1. The number of aromatic nitrogens is 1. The number of benzene rings is 1. The smallest absolute Gasteiger partial charge is 0.263 e. The average molecular weight is 456 g/mol. The zero-order valence-electron chi connectivity index (χ0n) is 17.5. The Morgan fingerprint density at radius 1 is 1.20 bits per heavy atom. The summed E-state index contributed by atoms with van der Waals surface area (Å²) in [6.07, 6.45) is -0.221. The molecule has 1 aromatic carbocycles. The Balaban J connectivity index is 1.68. The fourth-order valence-corrected chi connectivity index (χ4v) is 5.45. The van der Waals surface area contributed by atoms with Gasteiger partial charge in [0.1, 0.15) is 16.3 Å². The molecule has 0 saturated carbocycles. The van der Waals surface area contributed by atoms with Gasteiger partial charge in [-0.2, -0.15) is 4.31 Å². The van der Waals surface area contributed by atoms with E-state index >= 15 is 0 Å². The fraction of sp³-hybridized carbons (Fsp3) is 0.500. The second-order valence-corrected chi connectivity index (χ2v) is 9.71. The lowest BCUT2D eigenvalue weighted by molar-refractivity contribution is -0.137. The van der Waals surface area contributed by atoms with E-state index in [0.29, 0.717) is 36.0 Å². The number of nitrogens with zero attached hydrogens (tertiary/aromatic N) is 3. The second-order valence-electron chi connectivity index (χ2n) is 7.43. The van der Waals surface area contributed by atoms with Crippen LogP contribution < -0.4 is 4.74 Å². The van der Waals surface area contributed by atoms with Crippen LogP contribution in [-0.2, 0) is 14.8 Å². The third kappa shape index (κ3) is 4.63. The van der Waals surface area contributed by atoms with Crippen molar-refractivity contribution in [2.75, 3.05) is 26.2 Å². The van der Waals surface area contributed by atoms with E-state index in [1.807, 2.05) is 13.0 Å². The van der Waals surface area contributed by atoms with Crippen LogP contribution in [0.4, 0.5) is 0 Å². The van der Waals surface area contributed by atoms with E-state index < -0.39 is 16.1 Å².